The summed E-state index contributed by atoms with van der Waals surface area (Å²) >= 11 is 0. The average Bonchev–Trinajstić information content (AvgIpc) is 2.85. The third-order valence-corrected chi connectivity index (χ3v) is 3.23. The molecule has 2 aromatic carbocycles. The van der Waals surface area contributed by atoms with Crippen molar-refractivity contribution in [1.82, 2.24) is 14.3 Å². The Bertz CT molecular complexity index is 884. The van der Waals surface area contributed by atoms with Crippen LogP contribution in [0.2, 0.25) is 0 Å². The van der Waals surface area contributed by atoms with Crippen molar-refractivity contribution in [2.45, 2.75) is 0 Å². The molecule has 0 bridgehead atoms. The van der Waals surface area contributed by atoms with Gasteiger partial charge in [0.25, 0.3) is 0 Å². The van der Waals surface area contributed by atoms with Gasteiger partial charge in [-0.3, -0.25) is 0 Å². The van der Waals surface area contributed by atoms with Crippen molar-refractivity contribution in [3.05, 3.63) is 64.8 Å². The van der Waals surface area contributed by atoms with Crippen molar-refractivity contribution < 1.29 is 13.9 Å². The second-order valence-electron chi connectivity index (χ2n) is 4.75. The molecular formula is C16H14FN3O3. The number of para-hydroxylation sites is 2. The number of methoxy groups -OCH3 is 1. The summed E-state index contributed by atoms with van der Waals surface area (Å²) < 4.78 is 26.4. The molecule has 0 aliphatic carbocycles. The summed E-state index contributed by atoms with van der Waals surface area (Å²) in [7, 11) is 2.96. The van der Waals surface area contributed by atoms with E-state index in [1.54, 1.807) is 24.3 Å². The number of hydrogen-bond acceptors (Lipinski definition) is 4. The maximum Gasteiger partial charge on any atom is 0.353 e. The summed E-state index contributed by atoms with van der Waals surface area (Å²) in [4.78, 5) is 12.3. The van der Waals surface area contributed by atoms with E-state index in [-0.39, 0.29) is 17.5 Å². The van der Waals surface area contributed by atoms with Gasteiger partial charge >= 0.3 is 11.7 Å². The molecule has 0 saturated carbocycles. The Labute approximate surface area is 131 Å². The molecule has 7 heteroatoms. The standard InChI is InChI=1S/C16H14FN3O3/c1-19-16(21)20(15(18-19)22-2)13-5-3-4-6-14(13)23-12-9-7-11(17)8-10-12/h3-10H,1-2H3. The lowest BCUT2D eigenvalue weighted by molar-refractivity contribution is 0.367. The molecule has 0 unspecified atom stereocenters. The minimum absolute atomic E-state index is 0.146. The van der Waals surface area contributed by atoms with E-state index in [9.17, 15) is 9.18 Å². The molecule has 23 heavy (non-hydrogen) atoms. The lowest BCUT2D eigenvalue weighted by Gasteiger charge is -2.11. The van der Waals surface area contributed by atoms with Gasteiger partial charge < -0.3 is 9.47 Å². The third kappa shape index (κ3) is 2.80. The van der Waals surface area contributed by atoms with Gasteiger partial charge in [0.2, 0.25) is 0 Å². The Morgan fingerprint density at radius 3 is 2.48 bits per heavy atom. The van der Waals surface area contributed by atoms with Crippen LogP contribution < -0.4 is 15.2 Å². The number of benzene rings is 2. The quantitative estimate of drug-likeness (QED) is 0.742. The van der Waals surface area contributed by atoms with Crippen LogP contribution in [0.25, 0.3) is 5.69 Å². The van der Waals surface area contributed by atoms with E-state index in [1.807, 2.05) is 0 Å². The highest BCUT2D eigenvalue weighted by atomic mass is 19.1. The summed E-state index contributed by atoms with van der Waals surface area (Å²) in [6, 6.07) is 12.7. The fraction of sp³-hybridized carbons (Fsp3) is 0.125. The van der Waals surface area contributed by atoms with Crippen molar-refractivity contribution in [3.63, 3.8) is 0 Å². The Kier molecular flexibility index (Phi) is 3.84. The van der Waals surface area contributed by atoms with Crippen LogP contribution in [0.15, 0.2) is 53.3 Å². The minimum Gasteiger partial charge on any atom is -0.467 e. The summed E-state index contributed by atoms with van der Waals surface area (Å²) in [6.07, 6.45) is 0. The van der Waals surface area contributed by atoms with E-state index in [4.69, 9.17) is 9.47 Å². The molecule has 3 rings (SSSR count). The Hall–Kier alpha value is -3.09. The van der Waals surface area contributed by atoms with Crippen LogP contribution in [0, 0.1) is 5.82 Å². The predicted octanol–water partition coefficient (Wildman–Crippen LogP) is 2.51. The second-order valence-corrected chi connectivity index (χ2v) is 4.75. The zero-order valence-electron chi connectivity index (χ0n) is 12.6. The van der Waals surface area contributed by atoms with Gasteiger partial charge in [-0.2, -0.15) is 0 Å². The maximum atomic E-state index is 13.0. The van der Waals surface area contributed by atoms with Gasteiger partial charge in [-0.1, -0.05) is 12.1 Å². The molecule has 0 aliphatic heterocycles. The molecule has 1 heterocycles. The van der Waals surface area contributed by atoms with Crippen LogP contribution >= 0.6 is 0 Å². The number of nitrogens with zero attached hydrogens (tertiary/aromatic N) is 3. The average molecular weight is 315 g/mol. The maximum absolute atomic E-state index is 13.0. The van der Waals surface area contributed by atoms with Crippen LogP contribution in [0.4, 0.5) is 4.39 Å². The topological polar surface area (TPSA) is 58.3 Å². The van der Waals surface area contributed by atoms with E-state index < -0.39 is 0 Å². The van der Waals surface area contributed by atoms with Crippen LogP contribution in [0.5, 0.6) is 17.5 Å². The minimum atomic E-state index is -0.364. The van der Waals surface area contributed by atoms with Crippen LogP contribution in [0.3, 0.4) is 0 Å². The monoisotopic (exact) mass is 315 g/mol. The Balaban J connectivity index is 2.08. The van der Waals surface area contributed by atoms with E-state index in [1.165, 1.54) is 47.7 Å². The largest absolute Gasteiger partial charge is 0.467 e. The highest BCUT2D eigenvalue weighted by Crippen LogP contribution is 2.29. The van der Waals surface area contributed by atoms with Gasteiger partial charge in [0.1, 0.15) is 11.6 Å². The number of aromatic nitrogens is 3. The summed E-state index contributed by atoms with van der Waals surface area (Å²) in [5.41, 5.74) is 0.115. The number of aryl methyl sites for hydroxylation is 1. The molecule has 0 radical (unpaired) electrons. The molecular weight excluding hydrogens is 301 g/mol. The van der Waals surface area contributed by atoms with Gasteiger partial charge in [-0.25, -0.2) is 18.4 Å². The summed E-state index contributed by atoms with van der Waals surface area (Å²) in [5, 5.41) is 4.00. The fourth-order valence-corrected chi connectivity index (χ4v) is 2.14. The molecule has 118 valence electrons. The normalized spacial score (nSPS) is 10.6. The molecule has 6 nitrogen and oxygen atoms in total. The van der Waals surface area contributed by atoms with Gasteiger partial charge in [-0.05, 0) is 36.4 Å². The lowest BCUT2D eigenvalue weighted by Crippen LogP contribution is -2.22. The van der Waals surface area contributed by atoms with Crippen LogP contribution in [-0.4, -0.2) is 21.5 Å². The molecule has 0 N–H and O–H groups in total. The number of rotatable bonds is 4. The molecule has 0 aliphatic rings. The first kappa shape index (κ1) is 14.8. The number of ether oxygens (including phenoxy) is 2. The van der Waals surface area contributed by atoms with E-state index in [2.05, 4.69) is 5.10 Å². The van der Waals surface area contributed by atoms with E-state index in [0.717, 1.165) is 0 Å². The number of halogens is 1. The zero-order chi connectivity index (χ0) is 16.4. The molecule has 3 aromatic rings. The molecule has 0 fully saturated rings. The first-order chi connectivity index (χ1) is 11.1. The first-order valence-electron chi connectivity index (χ1n) is 6.83. The van der Waals surface area contributed by atoms with Crippen molar-refractivity contribution in [2.75, 3.05) is 7.11 Å². The fourth-order valence-electron chi connectivity index (χ4n) is 2.14. The lowest BCUT2D eigenvalue weighted by atomic mass is 10.3. The van der Waals surface area contributed by atoms with Gasteiger partial charge in [-0.15, -0.1) is 5.10 Å². The van der Waals surface area contributed by atoms with E-state index in [0.29, 0.717) is 17.2 Å². The smallest absolute Gasteiger partial charge is 0.353 e. The molecule has 0 spiro atoms. The molecule has 0 saturated heterocycles. The highest BCUT2D eigenvalue weighted by Gasteiger charge is 2.17. The second kappa shape index (κ2) is 5.96. The number of hydrogen-bond donors (Lipinski definition) is 0. The zero-order valence-corrected chi connectivity index (χ0v) is 12.6. The van der Waals surface area contributed by atoms with Crippen LogP contribution in [0.1, 0.15) is 0 Å². The molecule has 1 aromatic heterocycles. The highest BCUT2D eigenvalue weighted by molar-refractivity contribution is 5.49. The van der Waals surface area contributed by atoms with Gasteiger partial charge in [0, 0.05) is 7.05 Å². The first-order valence-corrected chi connectivity index (χ1v) is 6.83. The third-order valence-electron chi connectivity index (χ3n) is 3.23. The SMILES string of the molecule is COc1nn(C)c(=O)n1-c1ccccc1Oc1ccc(F)cc1. The van der Waals surface area contributed by atoms with Gasteiger partial charge in [0.15, 0.2) is 5.75 Å². The van der Waals surface area contributed by atoms with Crippen molar-refractivity contribution >= 4 is 0 Å². The Morgan fingerprint density at radius 1 is 1.09 bits per heavy atom. The van der Waals surface area contributed by atoms with Crippen LogP contribution in [-0.2, 0) is 7.05 Å². The Morgan fingerprint density at radius 2 is 1.78 bits per heavy atom. The molecule has 0 atom stereocenters. The summed E-state index contributed by atoms with van der Waals surface area (Å²) in [5.74, 6) is 0.526. The summed E-state index contributed by atoms with van der Waals surface area (Å²) in [6.45, 7) is 0. The van der Waals surface area contributed by atoms with Crippen molar-refractivity contribution in [2.24, 2.45) is 7.05 Å². The molecule has 0 amide bonds. The van der Waals surface area contributed by atoms with Gasteiger partial charge in [0.05, 0.1) is 12.8 Å². The van der Waals surface area contributed by atoms with E-state index >= 15 is 0 Å². The predicted molar refractivity (Wildman–Crippen MR) is 81.8 cm³/mol. The van der Waals surface area contributed by atoms with Crippen molar-refractivity contribution in [1.29, 1.82) is 0 Å². The van der Waals surface area contributed by atoms with Crippen molar-refractivity contribution in [3.8, 4) is 23.2 Å².